The minimum Gasteiger partial charge on any atom is -0.306 e. The normalized spacial score (nSPS) is 13.8. The first kappa shape index (κ1) is 34.5. The maximum atomic E-state index is 2.56. The van der Waals surface area contributed by atoms with Gasteiger partial charge in [-0.2, -0.15) is 0 Å². The van der Waals surface area contributed by atoms with E-state index in [-0.39, 0.29) is 0 Å². The molecular weight excluding hydrogens is 761 g/mol. The van der Waals surface area contributed by atoms with Gasteiger partial charge in [0.2, 0.25) is 0 Å². The molecule has 0 fully saturated rings. The number of anilines is 6. The summed E-state index contributed by atoms with van der Waals surface area (Å²) >= 11 is 0. The molecule has 0 N–H and O–H groups in total. The highest BCUT2D eigenvalue weighted by atomic mass is 15.3. The second-order valence-corrected chi connectivity index (χ2v) is 17.2. The van der Waals surface area contributed by atoms with Crippen molar-refractivity contribution in [2.45, 2.75) is 5.41 Å². The Morgan fingerprint density at radius 3 is 1.25 bits per heavy atom. The van der Waals surface area contributed by atoms with Crippen molar-refractivity contribution in [2.24, 2.45) is 0 Å². The van der Waals surface area contributed by atoms with Crippen LogP contribution in [-0.4, -0.2) is 0 Å². The van der Waals surface area contributed by atoms with Crippen LogP contribution < -0.4 is 9.80 Å². The van der Waals surface area contributed by atoms with Crippen LogP contribution in [-0.2, 0) is 5.41 Å². The summed E-state index contributed by atoms with van der Waals surface area (Å²) in [6, 6.07) is 85.9. The fourth-order valence-corrected chi connectivity index (χ4v) is 11.6. The second kappa shape index (κ2) is 12.9. The Labute approximate surface area is 366 Å². The summed E-state index contributed by atoms with van der Waals surface area (Å²) in [5.41, 5.74) is 19.4. The van der Waals surface area contributed by atoms with Crippen LogP contribution in [0.15, 0.2) is 231 Å². The largest absolute Gasteiger partial charge is 0.306 e. The van der Waals surface area contributed by atoms with Crippen LogP contribution in [0.1, 0.15) is 22.3 Å². The first-order chi connectivity index (χ1) is 31.3. The number of benzene rings is 11. The summed E-state index contributed by atoms with van der Waals surface area (Å²) < 4.78 is 0. The molecule has 0 aromatic heterocycles. The zero-order chi connectivity index (χ0) is 41.2. The molecule has 0 unspecified atom stereocenters. The summed E-state index contributed by atoms with van der Waals surface area (Å²) in [5, 5.41) is 7.78. The summed E-state index contributed by atoms with van der Waals surface area (Å²) in [6.45, 7) is 0. The number of fused-ring (bicyclic) bond motifs is 18. The van der Waals surface area contributed by atoms with Crippen molar-refractivity contribution in [1.29, 1.82) is 0 Å². The molecule has 11 aromatic rings. The van der Waals surface area contributed by atoms with Gasteiger partial charge in [-0.15, -0.1) is 0 Å². The van der Waals surface area contributed by atoms with Gasteiger partial charge in [0.05, 0.1) is 28.2 Å². The minimum atomic E-state index is -0.498. The lowest BCUT2D eigenvalue weighted by atomic mass is 9.70. The fourth-order valence-electron chi connectivity index (χ4n) is 11.6. The topological polar surface area (TPSA) is 6.48 Å². The van der Waals surface area contributed by atoms with Crippen LogP contribution in [0, 0.1) is 0 Å². The summed E-state index contributed by atoms with van der Waals surface area (Å²) in [4.78, 5) is 4.84. The van der Waals surface area contributed by atoms with Crippen molar-refractivity contribution in [3.63, 3.8) is 0 Å². The lowest BCUT2D eigenvalue weighted by molar-refractivity contribution is 0.795. The third kappa shape index (κ3) is 4.62. The van der Waals surface area contributed by atoms with Crippen LogP contribution in [0.4, 0.5) is 34.1 Å². The van der Waals surface area contributed by atoms with Crippen molar-refractivity contribution >= 4 is 66.4 Å². The summed E-state index contributed by atoms with van der Waals surface area (Å²) in [6.07, 6.45) is 0. The zero-order valence-corrected chi connectivity index (χ0v) is 34.3. The first-order valence-electron chi connectivity index (χ1n) is 21.9. The van der Waals surface area contributed by atoms with Crippen molar-refractivity contribution in [1.82, 2.24) is 0 Å². The van der Waals surface area contributed by atoms with Crippen molar-refractivity contribution < 1.29 is 0 Å². The third-order valence-electron chi connectivity index (χ3n) is 14.1. The van der Waals surface area contributed by atoms with Crippen LogP contribution in [0.2, 0.25) is 0 Å². The van der Waals surface area contributed by atoms with Gasteiger partial charge in [-0.3, -0.25) is 0 Å². The van der Waals surface area contributed by atoms with Gasteiger partial charge < -0.3 is 9.80 Å². The number of para-hydroxylation sites is 4. The molecule has 1 aliphatic heterocycles. The number of hydrogen-bond donors (Lipinski definition) is 0. The monoisotopic (exact) mass is 798 g/mol. The molecule has 0 radical (unpaired) electrons. The quantitative estimate of drug-likeness (QED) is 0.164. The van der Waals surface area contributed by atoms with Gasteiger partial charge in [0.25, 0.3) is 0 Å². The molecule has 0 saturated heterocycles. The lowest BCUT2D eigenvalue weighted by Crippen LogP contribution is -2.26. The second-order valence-electron chi connectivity index (χ2n) is 17.2. The predicted molar refractivity (Wildman–Crippen MR) is 264 cm³/mol. The van der Waals surface area contributed by atoms with Gasteiger partial charge >= 0.3 is 0 Å². The Morgan fingerprint density at radius 2 is 0.651 bits per heavy atom. The Balaban J connectivity index is 1.05. The summed E-state index contributed by atoms with van der Waals surface area (Å²) in [7, 11) is 0. The van der Waals surface area contributed by atoms with Gasteiger partial charge in [0.1, 0.15) is 0 Å². The van der Waals surface area contributed by atoms with E-state index in [1.54, 1.807) is 0 Å². The molecule has 63 heavy (non-hydrogen) atoms. The van der Waals surface area contributed by atoms with E-state index in [4.69, 9.17) is 0 Å². The molecule has 2 aliphatic carbocycles. The van der Waals surface area contributed by atoms with Crippen LogP contribution in [0.3, 0.4) is 0 Å². The van der Waals surface area contributed by atoms with Crippen LogP contribution in [0.5, 0.6) is 0 Å². The van der Waals surface area contributed by atoms with Crippen molar-refractivity contribution in [3.05, 3.63) is 253 Å². The van der Waals surface area contributed by atoms with E-state index in [2.05, 4.69) is 240 Å². The molecule has 3 aliphatic rings. The average Bonchev–Trinajstić information content (AvgIpc) is 3.82. The molecule has 0 atom stereocenters. The molecule has 1 heterocycles. The molecule has 2 heteroatoms. The maximum absolute atomic E-state index is 2.56. The van der Waals surface area contributed by atoms with E-state index >= 15 is 0 Å². The van der Waals surface area contributed by atoms with Gasteiger partial charge in [-0.25, -0.2) is 0 Å². The highest BCUT2D eigenvalue weighted by Crippen LogP contribution is 2.64. The molecular formula is C61H38N2. The molecule has 2 nitrogen and oxygen atoms in total. The van der Waals surface area contributed by atoms with Crippen LogP contribution in [0.25, 0.3) is 65.7 Å². The smallest absolute Gasteiger partial charge is 0.0725 e. The highest BCUT2D eigenvalue weighted by molar-refractivity contribution is 6.26. The van der Waals surface area contributed by atoms with E-state index in [1.165, 1.54) is 88.0 Å². The van der Waals surface area contributed by atoms with E-state index in [0.717, 1.165) is 34.1 Å². The van der Waals surface area contributed by atoms with Gasteiger partial charge in [0.15, 0.2) is 0 Å². The van der Waals surface area contributed by atoms with E-state index < -0.39 is 5.41 Å². The minimum absolute atomic E-state index is 0.498. The molecule has 0 amide bonds. The first-order valence-corrected chi connectivity index (χ1v) is 21.9. The molecule has 11 aromatic carbocycles. The molecule has 14 rings (SSSR count). The van der Waals surface area contributed by atoms with Gasteiger partial charge in [-0.05, 0) is 155 Å². The fraction of sp³-hybridized carbons (Fsp3) is 0.0164. The standard InChI is InChI=1S/C61H38N2/c1-3-17-41(18-4-1)62-57-29-15-16-30-58(57)63(42-19-5-2-6-20-42)60-36-40(32-34-59(60)62)39-31-33-49-52-37-50-45-23-9-7-21-43(45)44-22-8-10-24-46(44)51(50)38-56(52)61(55(49)35-39)53-27-13-11-25-47(53)48-26-12-14-28-54(48)61/h1-38H. The summed E-state index contributed by atoms with van der Waals surface area (Å²) in [5.74, 6) is 0. The van der Waals surface area contributed by atoms with E-state index in [1.807, 2.05) is 0 Å². The maximum Gasteiger partial charge on any atom is 0.0725 e. The Hall–Kier alpha value is -8.20. The van der Waals surface area contributed by atoms with Crippen molar-refractivity contribution in [3.8, 4) is 33.4 Å². The highest BCUT2D eigenvalue weighted by Gasteiger charge is 2.52. The number of nitrogens with zero attached hydrogens (tertiary/aromatic N) is 2. The Bertz CT molecular complexity index is 3650. The zero-order valence-electron chi connectivity index (χ0n) is 34.3. The van der Waals surface area contributed by atoms with Crippen molar-refractivity contribution in [2.75, 3.05) is 9.80 Å². The molecule has 1 spiro atoms. The SMILES string of the molecule is c1ccc(N2c3ccccc3N(c3ccccc3)c3cc(-c4ccc5c(c4)C4(c6ccccc6-c6ccccc64)c4cc6c7ccccc7c7ccccc7c6cc4-5)ccc32)cc1. The Kier molecular flexibility index (Phi) is 7.07. The Morgan fingerprint density at radius 1 is 0.238 bits per heavy atom. The predicted octanol–water partition coefficient (Wildman–Crippen LogP) is 16.4. The van der Waals surface area contributed by atoms with Crippen LogP contribution >= 0.6 is 0 Å². The lowest BCUT2D eigenvalue weighted by Gasteiger charge is -2.40. The average molecular weight is 799 g/mol. The van der Waals surface area contributed by atoms with Gasteiger partial charge in [0, 0.05) is 11.4 Å². The number of rotatable bonds is 3. The molecule has 0 bridgehead atoms. The number of hydrogen-bond acceptors (Lipinski definition) is 2. The van der Waals surface area contributed by atoms with Gasteiger partial charge in [-0.1, -0.05) is 164 Å². The third-order valence-corrected chi connectivity index (χ3v) is 14.1. The van der Waals surface area contributed by atoms with E-state index in [0.29, 0.717) is 0 Å². The van der Waals surface area contributed by atoms with E-state index in [9.17, 15) is 0 Å². The molecule has 0 saturated carbocycles. The molecule has 292 valence electrons.